The van der Waals surface area contributed by atoms with Crippen molar-refractivity contribution in [1.82, 2.24) is 9.03 Å². The number of nitrogens with zero attached hydrogens (tertiary/aromatic N) is 1. The van der Waals surface area contributed by atoms with E-state index in [1.54, 1.807) is 14.1 Å². The fraction of sp³-hybridized carbons (Fsp3) is 1.00. The molecule has 94 valence electrons. The van der Waals surface area contributed by atoms with Crippen LogP contribution in [0.4, 0.5) is 0 Å². The van der Waals surface area contributed by atoms with Crippen LogP contribution in [0.25, 0.3) is 0 Å². The molecule has 0 radical (unpaired) electrons. The van der Waals surface area contributed by atoms with Crippen molar-refractivity contribution in [3.63, 3.8) is 0 Å². The molecule has 2 rings (SSSR count). The molecule has 1 N–H and O–H groups in total. The highest BCUT2D eigenvalue weighted by atomic mass is 32.2. The molecule has 5 heteroatoms. The molecule has 0 aromatic heterocycles. The van der Waals surface area contributed by atoms with Crippen molar-refractivity contribution in [2.45, 2.75) is 38.6 Å². The molecule has 2 aliphatic carbocycles. The van der Waals surface area contributed by atoms with E-state index < -0.39 is 10.2 Å². The third-order valence-corrected chi connectivity index (χ3v) is 5.88. The molecule has 4 nitrogen and oxygen atoms in total. The molecule has 0 aromatic rings. The lowest BCUT2D eigenvalue weighted by atomic mass is 9.84. The molecule has 2 saturated carbocycles. The third-order valence-electron chi connectivity index (χ3n) is 4.25. The van der Waals surface area contributed by atoms with Gasteiger partial charge >= 0.3 is 0 Å². The Morgan fingerprint density at radius 2 is 1.94 bits per heavy atom. The molecule has 2 bridgehead atoms. The van der Waals surface area contributed by atoms with Gasteiger partial charge in [-0.1, -0.05) is 6.42 Å². The lowest BCUT2D eigenvalue weighted by Gasteiger charge is -2.29. The second kappa shape index (κ2) is 4.27. The van der Waals surface area contributed by atoms with Gasteiger partial charge in [-0.25, -0.2) is 0 Å². The molecule has 0 aliphatic heterocycles. The van der Waals surface area contributed by atoms with Gasteiger partial charge in [-0.15, -0.1) is 0 Å². The molecule has 2 fully saturated rings. The van der Waals surface area contributed by atoms with E-state index in [0.717, 1.165) is 11.8 Å². The maximum absolute atomic E-state index is 11.7. The Kier molecular flexibility index (Phi) is 3.29. The highest BCUT2D eigenvalue weighted by Gasteiger charge is 2.42. The summed E-state index contributed by atoms with van der Waals surface area (Å²) >= 11 is 0. The summed E-state index contributed by atoms with van der Waals surface area (Å²) in [5, 5.41) is 0. The molecule has 16 heavy (non-hydrogen) atoms. The molecule has 4 atom stereocenters. The van der Waals surface area contributed by atoms with Crippen LogP contribution < -0.4 is 4.72 Å². The largest absolute Gasteiger partial charge is 0.279 e. The summed E-state index contributed by atoms with van der Waals surface area (Å²) in [7, 11) is -0.138. The van der Waals surface area contributed by atoms with E-state index in [-0.39, 0.29) is 6.04 Å². The van der Waals surface area contributed by atoms with Crippen LogP contribution in [-0.2, 0) is 10.2 Å². The van der Waals surface area contributed by atoms with Gasteiger partial charge in [-0.05, 0) is 43.9 Å². The topological polar surface area (TPSA) is 49.4 Å². The minimum atomic E-state index is -3.27. The average molecular weight is 246 g/mol. The van der Waals surface area contributed by atoms with E-state index in [4.69, 9.17) is 0 Å². The van der Waals surface area contributed by atoms with Crippen molar-refractivity contribution in [1.29, 1.82) is 0 Å². The van der Waals surface area contributed by atoms with Crippen molar-refractivity contribution >= 4 is 10.2 Å². The lowest BCUT2D eigenvalue weighted by Crippen LogP contribution is -2.45. The van der Waals surface area contributed by atoms with Gasteiger partial charge in [0.05, 0.1) is 0 Å². The van der Waals surface area contributed by atoms with Crippen LogP contribution in [0, 0.1) is 17.8 Å². The number of rotatable bonds is 4. The van der Waals surface area contributed by atoms with Gasteiger partial charge in [0.2, 0.25) is 0 Å². The third kappa shape index (κ3) is 2.26. The number of hydrogen-bond acceptors (Lipinski definition) is 2. The maximum Gasteiger partial charge on any atom is 0.279 e. The zero-order valence-electron chi connectivity index (χ0n) is 10.3. The summed E-state index contributed by atoms with van der Waals surface area (Å²) in [6.45, 7) is 2.01. The van der Waals surface area contributed by atoms with Gasteiger partial charge in [-0.2, -0.15) is 17.4 Å². The van der Waals surface area contributed by atoms with Crippen molar-refractivity contribution < 1.29 is 8.42 Å². The SMILES string of the molecule is CC(NS(=O)(=O)N(C)C)C1CC2CCC1C2. The molecule has 0 saturated heterocycles. The van der Waals surface area contributed by atoms with Crippen molar-refractivity contribution in [2.24, 2.45) is 17.8 Å². The van der Waals surface area contributed by atoms with Crippen LogP contribution in [0.1, 0.15) is 32.6 Å². The second-order valence-corrected chi connectivity index (χ2v) is 7.45. The Morgan fingerprint density at radius 3 is 2.38 bits per heavy atom. The predicted molar refractivity (Wildman–Crippen MR) is 64.1 cm³/mol. The predicted octanol–water partition coefficient (Wildman–Crippen LogP) is 1.21. The molecule has 0 spiro atoms. The average Bonchev–Trinajstić information content (AvgIpc) is 2.77. The monoisotopic (exact) mass is 246 g/mol. The van der Waals surface area contributed by atoms with Gasteiger partial charge in [0, 0.05) is 20.1 Å². The Bertz CT molecular complexity index is 353. The first-order valence-corrected chi connectivity index (χ1v) is 7.54. The maximum atomic E-state index is 11.7. The summed E-state index contributed by atoms with van der Waals surface area (Å²) < 4.78 is 27.5. The second-order valence-electron chi connectivity index (χ2n) is 5.53. The first kappa shape index (κ1) is 12.3. The molecule has 2 aliphatic rings. The van der Waals surface area contributed by atoms with Gasteiger partial charge in [-0.3, -0.25) is 0 Å². The highest BCUT2D eigenvalue weighted by Crippen LogP contribution is 2.49. The Morgan fingerprint density at radius 1 is 1.25 bits per heavy atom. The van der Waals surface area contributed by atoms with Crippen molar-refractivity contribution in [2.75, 3.05) is 14.1 Å². The first-order valence-electron chi connectivity index (χ1n) is 6.10. The molecule has 4 unspecified atom stereocenters. The normalized spacial score (nSPS) is 35.9. The Balaban J connectivity index is 1.96. The summed E-state index contributed by atoms with van der Waals surface area (Å²) in [6, 6.07) is 0.0719. The van der Waals surface area contributed by atoms with Crippen LogP contribution in [-0.4, -0.2) is 32.9 Å². The summed E-state index contributed by atoms with van der Waals surface area (Å²) in [4.78, 5) is 0. The summed E-state index contributed by atoms with van der Waals surface area (Å²) in [6.07, 6.45) is 5.18. The van der Waals surface area contributed by atoms with Crippen molar-refractivity contribution in [3.8, 4) is 0 Å². The fourth-order valence-corrected chi connectivity index (χ4v) is 4.19. The highest BCUT2D eigenvalue weighted by molar-refractivity contribution is 7.87. The van der Waals surface area contributed by atoms with Crippen molar-refractivity contribution in [3.05, 3.63) is 0 Å². The quantitative estimate of drug-likeness (QED) is 0.810. The van der Waals surface area contributed by atoms with E-state index in [2.05, 4.69) is 4.72 Å². The minimum absolute atomic E-state index is 0.0719. The van der Waals surface area contributed by atoms with Gasteiger partial charge in [0.15, 0.2) is 0 Å². The van der Waals surface area contributed by atoms with E-state index in [1.807, 2.05) is 6.92 Å². The standard InChI is InChI=1S/C11H22N2O2S/c1-8(12-16(14,15)13(2)3)11-7-9-4-5-10(11)6-9/h8-12H,4-7H2,1-3H3. The minimum Gasteiger partial charge on any atom is -0.199 e. The summed E-state index contributed by atoms with van der Waals surface area (Å²) in [5.41, 5.74) is 0. The van der Waals surface area contributed by atoms with Crippen LogP contribution >= 0.6 is 0 Å². The molecule has 0 aromatic carbocycles. The molecule has 0 amide bonds. The van der Waals surface area contributed by atoms with Gasteiger partial charge in [0.25, 0.3) is 10.2 Å². The van der Waals surface area contributed by atoms with Crippen LogP contribution in [0.2, 0.25) is 0 Å². The summed E-state index contributed by atoms with van der Waals surface area (Å²) in [5.74, 6) is 2.17. The zero-order valence-corrected chi connectivity index (χ0v) is 11.1. The molecular formula is C11H22N2O2S. The van der Waals surface area contributed by atoms with E-state index in [9.17, 15) is 8.42 Å². The zero-order chi connectivity index (χ0) is 11.9. The van der Waals surface area contributed by atoms with Crippen LogP contribution in [0.5, 0.6) is 0 Å². The van der Waals surface area contributed by atoms with Crippen LogP contribution in [0.15, 0.2) is 0 Å². The van der Waals surface area contributed by atoms with Gasteiger partial charge in [0.1, 0.15) is 0 Å². The van der Waals surface area contributed by atoms with Crippen LogP contribution in [0.3, 0.4) is 0 Å². The first-order chi connectivity index (χ1) is 7.40. The molecular weight excluding hydrogens is 224 g/mol. The van der Waals surface area contributed by atoms with E-state index in [1.165, 1.54) is 30.0 Å². The number of hydrogen-bond donors (Lipinski definition) is 1. The number of nitrogens with one attached hydrogen (secondary N) is 1. The van der Waals surface area contributed by atoms with Gasteiger partial charge < -0.3 is 0 Å². The Hall–Kier alpha value is -0.130. The Labute approximate surface area is 98.6 Å². The fourth-order valence-electron chi connectivity index (χ4n) is 3.33. The van der Waals surface area contributed by atoms with E-state index >= 15 is 0 Å². The lowest BCUT2D eigenvalue weighted by molar-refractivity contribution is 0.278. The number of fused-ring (bicyclic) bond motifs is 2. The smallest absolute Gasteiger partial charge is 0.199 e. The molecule has 0 heterocycles. The van der Waals surface area contributed by atoms with E-state index in [0.29, 0.717) is 5.92 Å².